The number of allylic oxidation sites excluding steroid dienone is 2. The van der Waals surface area contributed by atoms with Gasteiger partial charge < -0.3 is 9.64 Å². The number of thioether (sulfide) groups is 1. The Morgan fingerprint density at radius 3 is 2.16 bits per heavy atom. The van der Waals surface area contributed by atoms with Gasteiger partial charge in [-0.05, 0) is 85.2 Å². The fourth-order valence-corrected chi connectivity index (χ4v) is 5.54. The number of hydrazone groups is 1. The zero-order valence-corrected chi connectivity index (χ0v) is 30.4. The monoisotopic (exact) mass is 710 g/mol. The Morgan fingerprint density at radius 1 is 1.08 bits per heavy atom. The molecule has 2 aromatic carbocycles. The Labute approximate surface area is 293 Å². The summed E-state index contributed by atoms with van der Waals surface area (Å²) in [4.78, 5) is 17.5. The molecule has 1 amide bonds. The van der Waals surface area contributed by atoms with Crippen molar-refractivity contribution >= 4 is 41.6 Å². The number of hydrogen-bond donors (Lipinski definition) is 1. The molecule has 0 bridgehead atoms. The van der Waals surface area contributed by atoms with Crippen LogP contribution in [0.5, 0.6) is 5.75 Å². The third-order valence-electron chi connectivity index (χ3n) is 7.32. The molecule has 1 heterocycles. The molecule has 0 saturated carbocycles. The van der Waals surface area contributed by atoms with E-state index in [0.717, 1.165) is 48.5 Å². The van der Waals surface area contributed by atoms with Gasteiger partial charge in [0.2, 0.25) is 5.91 Å². The number of aliphatic imine (C=N–C) groups is 1. The Kier molecular flexibility index (Phi) is 19.0. The van der Waals surface area contributed by atoms with Crippen molar-refractivity contribution < 1.29 is 31.5 Å². The lowest BCUT2D eigenvalue weighted by molar-refractivity contribution is -0.360. The van der Waals surface area contributed by atoms with Crippen molar-refractivity contribution in [2.24, 2.45) is 21.9 Å². The van der Waals surface area contributed by atoms with Crippen LogP contribution in [0.2, 0.25) is 0 Å². The summed E-state index contributed by atoms with van der Waals surface area (Å²) in [6, 6.07) is 12.7. The lowest BCUT2D eigenvalue weighted by Gasteiger charge is -2.25. The average molecular weight is 711 g/mol. The summed E-state index contributed by atoms with van der Waals surface area (Å²) < 4.78 is 66.1. The molecule has 4 rings (SSSR count). The number of para-hydroxylation sites is 1. The molecule has 1 N–H and O–H groups in total. The largest absolute Gasteiger partial charge is 0.499 e. The van der Waals surface area contributed by atoms with Crippen LogP contribution in [0.15, 0.2) is 82.9 Å². The summed E-state index contributed by atoms with van der Waals surface area (Å²) in [5, 5.41) is 4.15. The molecule has 2 aromatic rings. The number of hydrogen-bond acceptors (Lipinski definition) is 5. The lowest BCUT2D eigenvalue weighted by atomic mass is 9.81. The van der Waals surface area contributed by atoms with Gasteiger partial charge in [0, 0.05) is 5.69 Å². The second-order valence-corrected chi connectivity index (χ2v) is 12.4. The second-order valence-electron chi connectivity index (χ2n) is 11.4. The van der Waals surface area contributed by atoms with Crippen LogP contribution >= 0.6 is 11.8 Å². The highest BCUT2D eigenvalue weighted by atomic mass is 32.2. The van der Waals surface area contributed by atoms with Crippen LogP contribution in [-0.4, -0.2) is 42.4 Å². The summed E-state index contributed by atoms with van der Waals surface area (Å²) in [5.41, 5.74) is 6.33. The van der Waals surface area contributed by atoms with Gasteiger partial charge in [-0.15, -0.1) is 18.3 Å². The first-order valence-electron chi connectivity index (χ1n) is 16.5. The molecule has 1 fully saturated rings. The van der Waals surface area contributed by atoms with Crippen LogP contribution in [0.3, 0.4) is 0 Å². The summed E-state index contributed by atoms with van der Waals surface area (Å²) >= 11 is 1.68. The van der Waals surface area contributed by atoms with Gasteiger partial charge in [0.25, 0.3) is 0 Å². The topological polar surface area (TPSA) is 66.3 Å². The van der Waals surface area contributed by atoms with Crippen LogP contribution in [0.25, 0.3) is 0 Å². The zero-order chi connectivity index (χ0) is 37.2. The molecule has 2 atom stereocenters. The number of halogens is 5. The van der Waals surface area contributed by atoms with E-state index in [2.05, 4.69) is 80.3 Å². The van der Waals surface area contributed by atoms with Gasteiger partial charge in [0.1, 0.15) is 5.75 Å². The lowest BCUT2D eigenvalue weighted by Crippen LogP contribution is -2.41. The van der Waals surface area contributed by atoms with Gasteiger partial charge in [-0.1, -0.05) is 85.2 Å². The first-order valence-corrected chi connectivity index (χ1v) is 17.7. The molecular weight excluding hydrogens is 659 g/mol. The van der Waals surface area contributed by atoms with E-state index in [4.69, 9.17) is 0 Å². The molecule has 0 aromatic heterocycles. The molecule has 12 heteroatoms. The molecule has 0 radical (unpaired) electrons. The third-order valence-corrected chi connectivity index (χ3v) is 8.21. The van der Waals surface area contributed by atoms with Crippen molar-refractivity contribution in [3.63, 3.8) is 0 Å². The number of amides is 1. The third kappa shape index (κ3) is 13.6. The normalized spacial score (nSPS) is 16.9. The predicted octanol–water partition coefficient (Wildman–Crippen LogP) is 11.5. The number of nitrogens with zero attached hydrogens (tertiary/aromatic N) is 3. The average Bonchev–Trinajstić information content (AvgIpc) is 3.52. The van der Waals surface area contributed by atoms with Gasteiger partial charge in [-0.25, -0.2) is 4.99 Å². The summed E-state index contributed by atoms with van der Waals surface area (Å²) in [6.45, 7) is 22.0. The number of anilines is 2. The van der Waals surface area contributed by atoms with Crippen molar-refractivity contribution in [1.29, 1.82) is 0 Å². The van der Waals surface area contributed by atoms with Crippen LogP contribution in [0.1, 0.15) is 85.6 Å². The number of carbonyl (C=O) groups excluding carboxylic acids is 1. The molecule has 1 aliphatic carbocycles. The maximum atomic E-state index is 12.9. The maximum absolute atomic E-state index is 12.9. The van der Waals surface area contributed by atoms with Gasteiger partial charge in [-0.2, -0.15) is 27.1 Å². The summed E-state index contributed by atoms with van der Waals surface area (Å²) in [7, 11) is 0. The van der Waals surface area contributed by atoms with Crippen LogP contribution in [0, 0.1) is 11.8 Å². The fraction of sp³-hybridized carbons (Fsp3) is 0.486. The molecule has 2 unspecified atom stereocenters. The van der Waals surface area contributed by atoms with E-state index < -0.39 is 18.0 Å². The molecule has 49 heavy (non-hydrogen) atoms. The van der Waals surface area contributed by atoms with E-state index in [9.17, 15) is 26.7 Å². The summed E-state index contributed by atoms with van der Waals surface area (Å²) in [5.74, 6) is 2.80. The number of benzene rings is 2. The van der Waals surface area contributed by atoms with E-state index >= 15 is 0 Å². The Balaban J connectivity index is 0.000000499. The second kappa shape index (κ2) is 21.4. The number of alkyl halides is 5. The SMILES string of the molecule is C=CC(C)C1CC=C(/C(N=C)=N/Nc2ccc(OC(F)(F)C(F)(F)F)cc2)CC1.CC.CC(C)c1ccccc1N1CSCC1=O.CCC. The molecular formula is C37H51F5N4O2S. The highest BCUT2D eigenvalue weighted by molar-refractivity contribution is 8.00. The predicted molar refractivity (Wildman–Crippen MR) is 196 cm³/mol. The van der Waals surface area contributed by atoms with E-state index in [1.165, 1.54) is 24.1 Å². The van der Waals surface area contributed by atoms with Gasteiger partial charge in [0.15, 0.2) is 5.84 Å². The van der Waals surface area contributed by atoms with Gasteiger partial charge >= 0.3 is 12.3 Å². The number of carbonyl (C=O) groups is 1. The van der Waals surface area contributed by atoms with Crippen molar-refractivity contribution in [1.82, 2.24) is 0 Å². The zero-order valence-electron chi connectivity index (χ0n) is 29.6. The van der Waals surface area contributed by atoms with E-state index in [1.54, 1.807) is 11.8 Å². The molecule has 6 nitrogen and oxygen atoms in total. The number of ether oxygens (including phenoxy) is 1. The Hall–Kier alpha value is -3.67. The molecule has 1 aliphatic heterocycles. The van der Waals surface area contributed by atoms with E-state index in [0.29, 0.717) is 35.0 Å². The van der Waals surface area contributed by atoms with Crippen molar-refractivity contribution in [3.8, 4) is 5.75 Å². The minimum Gasteiger partial charge on any atom is -0.426 e. The highest BCUT2D eigenvalue weighted by Gasteiger charge is 2.61. The molecule has 2 aliphatic rings. The quantitative estimate of drug-likeness (QED) is 0.0925. The van der Waals surface area contributed by atoms with Crippen LogP contribution < -0.4 is 15.1 Å². The van der Waals surface area contributed by atoms with E-state index in [1.807, 2.05) is 43.0 Å². The first-order chi connectivity index (χ1) is 23.2. The first kappa shape index (κ1) is 43.4. The van der Waals surface area contributed by atoms with Gasteiger partial charge in [0.05, 0.1) is 17.3 Å². The van der Waals surface area contributed by atoms with Crippen LogP contribution in [-0.2, 0) is 4.79 Å². The summed E-state index contributed by atoms with van der Waals surface area (Å²) in [6.07, 6.45) is -3.21. The smallest absolute Gasteiger partial charge is 0.426 e. The Bertz CT molecular complexity index is 1380. The van der Waals surface area contributed by atoms with Crippen molar-refractivity contribution in [2.75, 3.05) is 22.0 Å². The number of rotatable bonds is 9. The standard InChI is InChI=1S/C20H22F5N3O.C12H15NOS.C3H8.C2H6/c1-4-13(2)14-5-7-15(8-6-14)18(26-3)28-27-16-9-11-17(12-10-16)29-20(24,25)19(21,22)23;1-9(2)10-5-3-4-6-11(10)13-8-15-7-12(13)14;1-3-2;1-2/h4,7,9-14,27H,1,3,5-6,8H2,2H3;3-6,9H,7-8H2,1-2H3;3H2,1-2H3;1-2H3/b28-18-;;;. The Morgan fingerprint density at radius 2 is 1.69 bits per heavy atom. The molecule has 272 valence electrons. The minimum absolute atomic E-state index is 0.230. The molecule has 0 spiro atoms. The van der Waals surface area contributed by atoms with Crippen LogP contribution in [0.4, 0.5) is 33.3 Å². The van der Waals surface area contributed by atoms with Gasteiger partial charge in [-0.3, -0.25) is 10.2 Å². The van der Waals surface area contributed by atoms with Crippen molar-refractivity contribution in [3.05, 3.63) is 78.4 Å². The fourth-order valence-electron chi connectivity index (χ4n) is 4.66. The van der Waals surface area contributed by atoms with E-state index in [-0.39, 0.29) is 5.91 Å². The number of nitrogens with one attached hydrogen (secondary N) is 1. The number of amidine groups is 1. The maximum Gasteiger partial charge on any atom is 0.499 e. The minimum atomic E-state index is -5.80. The van der Waals surface area contributed by atoms with Crippen molar-refractivity contribution in [2.45, 2.75) is 92.4 Å². The molecule has 1 saturated heterocycles. The highest BCUT2D eigenvalue weighted by Crippen LogP contribution is 2.37.